The first-order valence-corrected chi connectivity index (χ1v) is 8.71. The average Bonchev–Trinajstić information content (AvgIpc) is 3.17. The van der Waals surface area contributed by atoms with Crippen LogP contribution in [-0.4, -0.2) is 39.6 Å². The van der Waals surface area contributed by atoms with Crippen LogP contribution in [0.4, 0.5) is 0 Å². The van der Waals surface area contributed by atoms with E-state index in [9.17, 15) is 0 Å². The van der Waals surface area contributed by atoms with Crippen molar-refractivity contribution in [3.63, 3.8) is 0 Å². The summed E-state index contributed by atoms with van der Waals surface area (Å²) in [6, 6.07) is 8.36. The molecule has 0 aromatic carbocycles. The molecule has 0 radical (unpaired) electrons. The van der Waals surface area contributed by atoms with Crippen molar-refractivity contribution in [2.24, 2.45) is 0 Å². The fourth-order valence-electron chi connectivity index (χ4n) is 3.27. The van der Waals surface area contributed by atoms with Gasteiger partial charge in [0.15, 0.2) is 5.65 Å². The Labute approximate surface area is 134 Å². The van der Waals surface area contributed by atoms with Crippen molar-refractivity contribution < 1.29 is 0 Å². The molecule has 4 rings (SSSR count). The summed E-state index contributed by atoms with van der Waals surface area (Å²) in [6.07, 6.45) is 4.24. The summed E-state index contributed by atoms with van der Waals surface area (Å²) in [7, 11) is 2.20. The SMILES string of the molecule is CN1CCC(c2nc3cccnc3n2Cc2cccs2)CC1. The minimum Gasteiger partial charge on any atom is -0.307 e. The molecule has 22 heavy (non-hydrogen) atoms. The maximum absolute atomic E-state index is 4.93. The summed E-state index contributed by atoms with van der Waals surface area (Å²) in [5, 5.41) is 2.14. The van der Waals surface area contributed by atoms with Gasteiger partial charge in [0.05, 0.1) is 6.54 Å². The molecule has 114 valence electrons. The zero-order valence-electron chi connectivity index (χ0n) is 12.8. The maximum Gasteiger partial charge on any atom is 0.160 e. The van der Waals surface area contributed by atoms with Gasteiger partial charge in [0, 0.05) is 17.0 Å². The first-order valence-electron chi connectivity index (χ1n) is 7.83. The third-order valence-corrected chi connectivity index (χ3v) is 5.37. The number of likely N-dealkylation sites (tertiary alicyclic amines) is 1. The predicted molar refractivity (Wildman–Crippen MR) is 90.4 cm³/mol. The molecule has 0 saturated carbocycles. The fourth-order valence-corrected chi connectivity index (χ4v) is 3.96. The van der Waals surface area contributed by atoms with Crippen LogP contribution in [0.2, 0.25) is 0 Å². The number of piperidine rings is 1. The maximum atomic E-state index is 4.93. The Bertz CT molecular complexity index is 754. The van der Waals surface area contributed by atoms with Crippen LogP contribution in [0.25, 0.3) is 11.2 Å². The number of imidazole rings is 1. The molecule has 0 unspecified atom stereocenters. The molecule has 0 bridgehead atoms. The van der Waals surface area contributed by atoms with E-state index in [1.807, 2.05) is 12.3 Å². The summed E-state index contributed by atoms with van der Waals surface area (Å²) < 4.78 is 2.33. The highest BCUT2D eigenvalue weighted by Crippen LogP contribution is 2.30. The lowest BCUT2D eigenvalue weighted by Gasteiger charge is -2.28. The number of hydrogen-bond acceptors (Lipinski definition) is 4. The van der Waals surface area contributed by atoms with Gasteiger partial charge in [0.25, 0.3) is 0 Å². The molecule has 3 aromatic rings. The van der Waals surface area contributed by atoms with Crippen LogP contribution < -0.4 is 0 Å². The number of aromatic nitrogens is 3. The van der Waals surface area contributed by atoms with Gasteiger partial charge >= 0.3 is 0 Å². The molecule has 5 heteroatoms. The summed E-state index contributed by atoms with van der Waals surface area (Å²) in [6.45, 7) is 3.19. The number of fused-ring (bicyclic) bond motifs is 1. The molecule has 0 N–H and O–H groups in total. The largest absolute Gasteiger partial charge is 0.307 e. The van der Waals surface area contributed by atoms with Crippen molar-refractivity contribution in [1.82, 2.24) is 19.4 Å². The van der Waals surface area contributed by atoms with Crippen LogP contribution in [0.15, 0.2) is 35.8 Å². The van der Waals surface area contributed by atoms with Gasteiger partial charge in [-0.05, 0) is 56.6 Å². The van der Waals surface area contributed by atoms with Gasteiger partial charge < -0.3 is 9.47 Å². The van der Waals surface area contributed by atoms with Gasteiger partial charge in [-0.2, -0.15) is 0 Å². The van der Waals surface area contributed by atoms with Crippen molar-refractivity contribution in [3.05, 3.63) is 46.5 Å². The minimum absolute atomic E-state index is 0.547. The Hall–Kier alpha value is -1.72. The summed E-state index contributed by atoms with van der Waals surface area (Å²) >= 11 is 1.80. The summed E-state index contributed by atoms with van der Waals surface area (Å²) in [5.74, 6) is 1.76. The average molecular weight is 312 g/mol. The van der Waals surface area contributed by atoms with Crippen LogP contribution in [-0.2, 0) is 6.54 Å². The molecule has 1 saturated heterocycles. The van der Waals surface area contributed by atoms with E-state index in [-0.39, 0.29) is 0 Å². The van der Waals surface area contributed by atoms with E-state index in [1.165, 1.54) is 23.5 Å². The van der Waals surface area contributed by atoms with Gasteiger partial charge in [-0.1, -0.05) is 6.07 Å². The van der Waals surface area contributed by atoms with Crippen molar-refractivity contribution >= 4 is 22.5 Å². The van der Waals surface area contributed by atoms with Crippen LogP contribution in [0.3, 0.4) is 0 Å². The molecule has 4 nitrogen and oxygen atoms in total. The lowest BCUT2D eigenvalue weighted by atomic mass is 9.96. The number of nitrogens with zero attached hydrogens (tertiary/aromatic N) is 4. The fraction of sp³-hybridized carbons (Fsp3) is 0.412. The lowest BCUT2D eigenvalue weighted by Crippen LogP contribution is -2.30. The minimum atomic E-state index is 0.547. The van der Waals surface area contributed by atoms with Gasteiger partial charge in [0.2, 0.25) is 0 Å². The van der Waals surface area contributed by atoms with E-state index in [0.29, 0.717) is 5.92 Å². The quantitative estimate of drug-likeness (QED) is 0.744. The molecular weight excluding hydrogens is 292 g/mol. The first kappa shape index (κ1) is 13.9. The van der Waals surface area contributed by atoms with E-state index in [0.717, 1.165) is 30.8 Å². The molecule has 3 aromatic heterocycles. The molecule has 0 atom stereocenters. The Balaban J connectivity index is 1.76. The standard InChI is InChI=1S/C17H20N4S/c1-20-9-6-13(7-10-20)16-19-15-5-2-8-18-17(15)21(16)12-14-4-3-11-22-14/h2-5,8,11,13H,6-7,9-10,12H2,1H3. The van der Waals surface area contributed by atoms with Crippen molar-refractivity contribution in [2.75, 3.05) is 20.1 Å². The normalized spacial score (nSPS) is 17.3. The van der Waals surface area contributed by atoms with Crippen molar-refractivity contribution in [2.45, 2.75) is 25.3 Å². The lowest BCUT2D eigenvalue weighted by molar-refractivity contribution is 0.249. The van der Waals surface area contributed by atoms with Crippen LogP contribution in [0, 0.1) is 0 Å². The molecule has 4 heterocycles. The van der Waals surface area contributed by atoms with Crippen LogP contribution in [0.1, 0.15) is 29.5 Å². The van der Waals surface area contributed by atoms with E-state index in [2.05, 4.69) is 45.1 Å². The molecule has 1 aliphatic heterocycles. The van der Waals surface area contributed by atoms with Crippen molar-refractivity contribution in [3.8, 4) is 0 Å². The summed E-state index contributed by atoms with van der Waals surface area (Å²) in [4.78, 5) is 13.3. The van der Waals surface area contributed by atoms with E-state index in [1.54, 1.807) is 11.3 Å². The third kappa shape index (κ3) is 2.55. The van der Waals surface area contributed by atoms with E-state index >= 15 is 0 Å². The van der Waals surface area contributed by atoms with Gasteiger partial charge in [0.1, 0.15) is 11.3 Å². The monoisotopic (exact) mass is 312 g/mol. The van der Waals surface area contributed by atoms with E-state index in [4.69, 9.17) is 4.98 Å². The molecule has 0 aliphatic carbocycles. The molecule has 0 spiro atoms. The smallest absolute Gasteiger partial charge is 0.160 e. The van der Waals surface area contributed by atoms with Gasteiger partial charge in [-0.3, -0.25) is 0 Å². The second-order valence-electron chi connectivity index (χ2n) is 6.06. The number of pyridine rings is 1. The van der Waals surface area contributed by atoms with Crippen LogP contribution in [0.5, 0.6) is 0 Å². The van der Waals surface area contributed by atoms with Crippen molar-refractivity contribution in [1.29, 1.82) is 0 Å². The van der Waals surface area contributed by atoms with Gasteiger partial charge in [-0.25, -0.2) is 9.97 Å². The summed E-state index contributed by atoms with van der Waals surface area (Å²) in [5.41, 5.74) is 2.04. The zero-order valence-corrected chi connectivity index (χ0v) is 13.6. The zero-order chi connectivity index (χ0) is 14.9. The molecule has 1 aliphatic rings. The molecule has 0 amide bonds. The Morgan fingerprint density at radius 1 is 1.23 bits per heavy atom. The Morgan fingerprint density at radius 2 is 2.09 bits per heavy atom. The number of thiophene rings is 1. The molecular formula is C17H20N4S. The number of rotatable bonds is 3. The Morgan fingerprint density at radius 3 is 2.86 bits per heavy atom. The predicted octanol–water partition coefficient (Wildman–Crippen LogP) is 3.35. The van der Waals surface area contributed by atoms with E-state index < -0.39 is 0 Å². The highest BCUT2D eigenvalue weighted by Gasteiger charge is 2.24. The topological polar surface area (TPSA) is 34.0 Å². The third-order valence-electron chi connectivity index (χ3n) is 4.51. The first-order chi connectivity index (χ1) is 10.8. The highest BCUT2D eigenvalue weighted by molar-refractivity contribution is 7.09. The van der Waals surface area contributed by atoms with Gasteiger partial charge in [-0.15, -0.1) is 11.3 Å². The van der Waals surface area contributed by atoms with Crippen LogP contribution >= 0.6 is 11.3 Å². The Kier molecular flexibility index (Phi) is 3.68. The highest BCUT2D eigenvalue weighted by atomic mass is 32.1. The second-order valence-corrected chi connectivity index (χ2v) is 7.09. The second kappa shape index (κ2) is 5.82. The number of hydrogen-bond donors (Lipinski definition) is 0. The molecule has 1 fully saturated rings.